The van der Waals surface area contributed by atoms with Gasteiger partial charge in [0.25, 0.3) is 5.91 Å². The molecule has 2 aromatic carbocycles. The Morgan fingerprint density at radius 2 is 1.78 bits per heavy atom. The molecule has 3 aromatic rings. The number of anilines is 2. The zero-order valence-electron chi connectivity index (χ0n) is 53.6. The van der Waals surface area contributed by atoms with Crippen molar-refractivity contribution in [2.45, 2.75) is 158 Å². The highest BCUT2D eigenvalue weighted by Gasteiger charge is 2.64. The minimum absolute atomic E-state index is 0.0965. The number of carbonyl (C=O) groups is 9. The average molecular weight is 1430 g/mol. The predicted octanol–water partition coefficient (Wildman–Crippen LogP) is 6.74. The predicted molar refractivity (Wildman–Crippen MR) is 352 cm³/mol. The van der Waals surface area contributed by atoms with Gasteiger partial charge in [-0.2, -0.15) is 0 Å². The quantitative estimate of drug-likeness (QED) is 0.0130. The molecule has 25 nitrogen and oxygen atoms in total. The highest BCUT2D eigenvalue weighted by atomic mass is 79.9. The van der Waals surface area contributed by atoms with Crippen LogP contribution < -0.4 is 42.0 Å². The van der Waals surface area contributed by atoms with Crippen LogP contribution in [0.5, 0.6) is 5.75 Å². The van der Waals surface area contributed by atoms with Crippen LogP contribution in [0.2, 0.25) is 5.02 Å². The van der Waals surface area contributed by atoms with Crippen LogP contribution in [0.15, 0.2) is 66.4 Å². The van der Waals surface area contributed by atoms with Gasteiger partial charge in [-0.25, -0.2) is 14.4 Å². The Balaban J connectivity index is 1.22. The molecule has 8 N–H and O–H groups in total. The van der Waals surface area contributed by atoms with E-state index in [2.05, 4.69) is 63.4 Å². The Kier molecular flexibility index (Phi) is 26.7. The fourth-order valence-corrected chi connectivity index (χ4v) is 13.0. The first-order valence-corrected chi connectivity index (χ1v) is 33.0. The summed E-state index contributed by atoms with van der Waals surface area (Å²) >= 11 is 13.5. The standard InChI is InChI=1S/C64H86Br2ClN9O16/c1-37(2)63(36-78,73-51(79)21-12-11-13-26-89-62(32-65,33-66)35-77)34-71-45(19-16-25-70-59(68)84)56(81)72-44-23-22-43(42-18-15-24-69-54(42)44)57(82)75(7)40(5)58(83)91-50-30-52(80)76(8)46-28-41(29-47(87-9)53(46)67)27-38(3)17-14-20-49(88-10)64(86)31-48(90-60(85)74-64)39(4)55-61(50,6)92-55/h14-15,17-18,20,22-24,28-29,35-37,39-40,45,48-50,55,71,86H,11-13,16,19,21,25-27,30-34H2,1-10H3,(H,72,81)(H,73,79)(H,74,85)(H3,68,70,84)/b20-14+,38-17+/t39-,40+,45+,48+,49-,50+,55+,61+,63-,64+/m1/s1. The second-order valence-electron chi connectivity index (χ2n) is 24.2. The average Bonchev–Trinajstić information content (AvgIpc) is 1.56. The number of fused-ring (bicyclic) bond motifs is 6. The molecule has 0 radical (unpaired) electrons. The maximum Gasteiger partial charge on any atom is 0.409 e. The number of hydrogen-bond donors (Lipinski definition) is 7. The number of nitrogens with two attached hydrogens (primary N) is 1. The zero-order valence-corrected chi connectivity index (χ0v) is 57.5. The van der Waals surface area contributed by atoms with E-state index in [0.29, 0.717) is 66.1 Å². The molecule has 28 heteroatoms. The summed E-state index contributed by atoms with van der Waals surface area (Å²) in [5.41, 5.74) is 2.01. The number of primary amides is 1. The van der Waals surface area contributed by atoms with Crippen LogP contribution in [0.3, 0.4) is 0 Å². The maximum atomic E-state index is 14.7. The first-order valence-electron chi connectivity index (χ1n) is 30.4. The number of pyridine rings is 1. The van der Waals surface area contributed by atoms with Crippen LogP contribution in [0.1, 0.15) is 109 Å². The highest BCUT2D eigenvalue weighted by Crippen LogP contribution is 2.49. The first kappa shape index (κ1) is 74.4. The fraction of sp³-hybridized carbons (Fsp3) is 0.562. The van der Waals surface area contributed by atoms with E-state index in [1.807, 2.05) is 13.0 Å². The molecule has 10 atom stereocenters. The van der Waals surface area contributed by atoms with E-state index in [4.69, 9.17) is 45.8 Å². The second-order valence-corrected chi connectivity index (χ2v) is 25.7. The van der Waals surface area contributed by atoms with Crippen molar-refractivity contribution in [2.75, 3.05) is 68.9 Å². The summed E-state index contributed by atoms with van der Waals surface area (Å²) in [5, 5.41) is 27.1. The number of methoxy groups -OCH3 is 2. The minimum atomic E-state index is -1.92. The monoisotopic (exact) mass is 1430 g/mol. The lowest BCUT2D eigenvalue weighted by Crippen LogP contribution is -2.63. The number of benzene rings is 2. The summed E-state index contributed by atoms with van der Waals surface area (Å²) in [7, 11) is 5.79. The van der Waals surface area contributed by atoms with Crippen molar-refractivity contribution in [3.8, 4) is 5.75 Å². The first-order chi connectivity index (χ1) is 43.6. The second kappa shape index (κ2) is 33.0. The number of nitrogens with one attached hydrogen (secondary N) is 5. The summed E-state index contributed by atoms with van der Waals surface area (Å²) in [6.07, 6.45) is 4.99. The van der Waals surface area contributed by atoms with Gasteiger partial charge in [-0.3, -0.25) is 29.5 Å². The fourth-order valence-electron chi connectivity index (χ4n) is 11.2. The molecule has 3 aliphatic heterocycles. The molecule has 0 unspecified atom stereocenters. The van der Waals surface area contributed by atoms with Crippen molar-refractivity contribution in [3.63, 3.8) is 0 Å². The SMILES string of the molecule is COc1cc2cc(c1Cl)N(C)C(=O)C[C@H](OC(=O)[C@H](C)N(C)C(=O)c1ccc(NC(=O)[C@H](CCCNC(N)=O)NC[C@](C=O)(NC(=O)CCCCCOC(C=O)(CBr)CBr)C(C)C)c3ncccc13)[C@]1(C)O[C@H]1[C@H](C)[C@@H]1C[C@@](O)(NC(=O)O1)[C@H](OC)/C=C/C=C(\C)C2. The number of allylic oxidation sites excluding steroid dienone is 3. The number of unbranched alkanes of at least 4 members (excludes halogenated alkanes) is 2. The number of esters is 1. The molecule has 2 fully saturated rings. The summed E-state index contributed by atoms with van der Waals surface area (Å²) in [6.45, 7) is 10.6. The number of aldehydes is 2. The number of epoxide rings is 1. The number of hydrogen-bond acceptors (Lipinski definition) is 18. The number of rotatable bonds is 28. The van der Waals surface area contributed by atoms with Gasteiger partial charge in [0.05, 0.1) is 42.6 Å². The Bertz CT molecular complexity index is 3250. The van der Waals surface area contributed by atoms with Crippen molar-refractivity contribution in [3.05, 3.63) is 82.5 Å². The Hall–Kier alpha value is -6.59. The summed E-state index contributed by atoms with van der Waals surface area (Å²) in [6, 6.07) is 6.61. The van der Waals surface area contributed by atoms with Crippen LogP contribution in [0.4, 0.5) is 21.0 Å². The van der Waals surface area contributed by atoms with Gasteiger partial charge in [0.15, 0.2) is 12.0 Å². The molecule has 7 amide bonds. The molecule has 92 heavy (non-hydrogen) atoms. The number of alkyl carbamates (subject to hydrolysis) is 1. The number of aromatic nitrogens is 1. The molecule has 2 saturated heterocycles. The molecule has 3 aliphatic rings. The number of amides is 7. The molecule has 504 valence electrons. The van der Waals surface area contributed by atoms with Crippen molar-refractivity contribution >= 4 is 120 Å². The van der Waals surface area contributed by atoms with E-state index in [0.717, 1.165) is 17.4 Å². The van der Waals surface area contributed by atoms with E-state index in [1.54, 1.807) is 64.1 Å². The smallest absolute Gasteiger partial charge is 0.409 e. The highest BCUT2D eigenvalue weighted by molar-refractivity contribution is 9.10. The van der Waals surface area contributed by atoms with Crippen molar-refractivity contribution in [1.82, 2.24) is 31.2 Å². The third kappa shape index (κ3) is 18.2. The normalized spacial score (nSPS) is 24.0. The van der Waals surface area contributed by atoms with Gasteiger partial charge in [0, 0.05) is 87.5 Å². The third-order valence-electron chi connectivity index (χ3n) is 17.4. The maximum absolute atomic E-state index is 14.7. The molecule has 4 bridgehead atoms. The van der Waals surface area contributed by atoms with Gasteiger partial charge in [-0.05, 0) is 94.7 Å². The lowest BCUT2D eigenvalue weighted by Gasteiger charge is -2.42. The number of ether oxygens (including phenoxy) is 6. The summed E-state index contributed by atoms with van der Waals surface area (Å²) in [5.74, 6) is -3.82. The van der Waals surface area contributed by atoms with Crippen molar-refractivity contribution in [2.24, 2.45) is 17.6 Å². The Morgan fingerprint density at radius 1 is 1.05 bits per heavy atom. The molecule has 0 spiro atoms. The Labute approximate surface area is 557 Å². The number of carbonyl (C=O) groups excluding carboxylic acids is 9. The minimum Gasteiger partial charge on any atom is -0.495 e. The Morgan fingerprint density at radius 3 is 2.43 bits per heavy atom. The summed E-state index contributed by atoms with van der Waals surface area (Å²) in [4.78, 5) is 128. The number of nitrogens with zero attached hydrogens (tertiary/aromatic N) is 3. The van der Waals surface area contributed by atoms with Crippen LogP contribution in [-0.4, -0.2) is 187 Å². The molecular formula is C64H86Br2ClN9O16. The number of aliphatic hydroxyl groups is 1. The van der Waals surface area contributed by atoms with E-state index in [9.17, 15) is 48.3 Å². The van der Waals surface area contributed by atoms with E-state index in [1.165, 1.54) is 63.4 Å². The lowest BCUT2D eigenvalue weighted by atomic mass is 9.83. The summed E-state index contributed by atoms with van der Waals surface area (Å²) < 4.78 is 35.5. The molecule has 6 rings (SSSR count). The van der Waals surface area contributed by atoms with Gasteiger partial charge < -0.3 is 79.9 Å². The topological polar surface area (TPSA) is 338 Å². The number of urea groups is 1. The van der Waals surface area contributed by atoms with Gasteiger partial charge >= 0.3 is 18.1 Å². The van der Waals surface area contributed by atoms with Gasteiger partial charge in [-0.1, -0.05) is 101 Å². The molecule has 1 aromatic heterocycles. The van der Waals surface area contributed by atoms with E-state index in [-0.39, 0.29) is 66.5 Å². The van der Waals surface area contributed by atoms with E-state index < -0.39 is 113 Å². The van der Waals surface area contributed by atoms with Crippen molar-refractivity contribution in [1.29, 1.82) is 0 Å². The number of alkyl halides is 2. The lowest BCUT2D eigenvalue weighted by molar-refractivity contribution is -0.158. The largest absolute Gasteiger partial charge is 0.495 e. The molecule has 0 aliphatic carbocycles. The van der Waals surface area contributed by atoms with E-state index >= 15 is 0 Å². The van der Waals surface area contributed by atoms with Crippen LogP contribution in [-0.2, 0) is 58.9 Å². The number of likely N-dealkylation sites (N-methyl/N-ethyl adjacent to an activating group) is 1. The third-order valence-corrected chi connectivity index (χ3v) is 19.6. The van der Waals surface area contributed by atoms with Crippen LogP contribution in [0, 0.1) is 11.8 Å². The molecular weight excluding hydrogens is 1350 g/mol. The van der Waals surface area contributed by atoms with Crippen molar-refractivity contribution < 1.29 is 76.7 Å². The van der Waals surface area contributed by atoms with Crippen LogP contribution in [0.25, 0.3) is 10.9 Å². The molecule has 4 heterocycles. The van der Waals surface area contributed by atoms with Crippen LogP contribution >= 0.6 is 43.5 Å². The zero-order chi connectivity index (χ0) is 67.9. The molecule has 0 saturated carbocycles. The number of halogens is 3. The van der Waals surface area contributed by atoms with Gasteiger partial charge in [-0.15, -0.1) is 0 Å². The van der Waals surface area contributed by atoms with Gasteiger partial charge in [0.1, 0.15) is 58.2 Å². The van der Waals surface area contributed by atoms with Gasteiger partial charge in [0.2, 0.25) is 17.7 Å².